The number of fused-ring (bicyclic) bond motifs is 1. The first kappa shape index (κ1) is 17.2. The lowest BCUT2D eigenvalue weighted by Gasteiger charge is -2.17. The predicted octanol–water partition coefficient (Wildman–Crippen LogP) is 3.39. The largest absolute Gasteiger partial charge is 0.454 e. The first-order valence-corrected chi connectivity index (χ1v) is 8.70. The van der Waals surface area contributed by atoms with Gasteiger partial charge < -0.3 is 18.9 Å². The Balaban J connectivity index is 1.57. The van der Waals surface area contributed by atoms with Crippen molar-refractivity contribution in [3.63, 3.8) is 0 Å². The van der Waals surface area contributed by atoms with Crippen LogP contribution in [0.3, 0.4) is 0 Å². The zero-order valence-corrected chi connectivity index (χ0v) is 15.8. The third-order valence-electron chi connectivity index (χ3n) is 4.71. The van der Waals surface area contributed by atoms with Crippen molar-refractivity contribution in [2.75, 3.05) is 13.8 Å². The Morgan fingerprint density at radius 3 is 2.67 bits per heavy atom. The maximum absolute atomic E-state index is 13.0. The molecule has 0 fully saturated rings. The van der Waals surface area contributed by atoms with Crippen LogP contribution >= 0.6 is 0 Å². The molecule has 0 N–H and O–H groups in total. The van der Waals surface area contributed by atoms with Gasteiger partial charge >= 0.3 is 0 Å². The lowest BCUT2D eigenvalue weighted by Crippen LogP contribution is -2.26. The third-order valence-corrected chi connectivity index (χ3v) is 4.71. The Labute approximate surface area is 157 Å². The second kappa shape index (κ2) is 6.50. The van der Waals surface area contributed by atoms with Crippen LogP contribution in [-0.2, 0) is 6.54 Å². The highest BCUT2D eigenvalue weighted by molar-refractivity contribution is 5.95. The van der Waals surface area contributed by atoms with Gasteiger partial charge in [0.15, 0.2) is 17.3 Å². The maximum atomic E-state index is 13.0. The highest BCUT2D eigenvalue weighted by Gasteiger charge is 2.22. The molecule has 1 aliphatic heterocycles. The van der Waals surface area contributed by atoms with E-state index in [1.165, 1.54) is 0 Å². The number of rotatable bonds is 4. The van der Waals surface area contributed by atoms with Crippen LogP contribution in [0.2, 0.25) is 0 Å². The van der Waals surface area contributed by atoms with Gasteiger partial charge in [0, 0.05) is 31.0 Å². The van der Waals surface area contributed by atoms with Crippen LogP contribution in [-0.4, -0.2) is 34.4 Å². The summed E-state index contributed by atoms with van der Waals surface area (Å²) in [6.45, 7) is 6.42. The Kier molecular flexibility index (Phi) is 4.14. The van der Waals surface area contributed by atoms with Crippen LogP contribution in [0.15, 0.2) is 34.9 Å². The van der Waals surface area contributed by atoms with Crippen LogP contribution in [0.1, 0.15) is 33.1 Å². The lowest BCUT2D eigenvalue weighted by molar-refractivity contribution is 0.0784. The van der Waals surface area contributed by atoms with E-state index in [-0.39, 0.29) is 12.7 Å². The van der Waals surface area contributed by atoms with E-state index in [1.807, 2.05) is 55.7 Å². The minimum Gasteiger partial charge on any atom is -0.454 e. The molecule has 7 heteroatoms. The molecule has 0 saturated heterocycles. The fraction of sp³-hybridized carbons (Fsp3) is 0.300. The van der Waals surface area contributed by atoms with Crippen molar-refractivity contribution in [2.24, 2.45) is 0 Å². The summed E-state index contributed by atoms with van der Waals surface area (Å²) in [4.78, 5) is 14.7. The molecule has 1 amide bonds. The summed E-state index contributed by atoms with van der Waals surface area (Å²) in [5, 5.41) is 4.06. The molecular weight excluding hydrogens is 346 g/mol. The molecule has 0 spiro atoms. The summed E-state index contributed by atoms with van der Waals surface area (Å²) in [7, 11) is 1.79. The number of benzene rings is 1. The van der Waals surface area contributed by atoms with Gasteiger partial charge in [-0.2, -0.15) is 0 Å². The number of hydrogen-bond donors (Lipinski definition) is 0. The molecule has 3 heterocycles. The topological polar surface area (TPSA) is 69.7 Å². The van der Waals surface area contributed by atoms with Crippen molar-refractivity contribution >= 4 is 5.91 Å². The second-order valence-electron chi connectivity index (χ2n) is 6.76. The zero-order valence-electron chi connectivity index (χ0n) is 15.8. The fourth-order valence-corrected chi connectivity index (χ4v) is 3.38. The van der Waals surface area contributed by atoms with Crippen LogP contribution in [0.4, 0.5) is 0 Å². The maximum Gasteiger partial charge on any atom is 0.255 e. The number of amides is 1. The van der Waals surface area contributed by atoms with Gasteiger partial charge in [-0.1, -0.05) is 11.2 Å². The van der Waals surface area contributed by atoms with E-state index in [4.69, 9.17) is 14.0 Å². The molecule has 7 nitrogen and oxygen atoms in total. The van der Waals surface area contributed by atoms with Gasteiger partial charge in [-0.25, -0.2) is 0 Å². The average molecular weight is 367 g/mol. The molecule has 2 aromatic heterocycles. The number of ether oxygens (including phenoxy) is 2. The molecule has 0 saturated carbocycles. The Morgan fingerprint density at radius 1 is 1.15 bits per heavy atom. The smallest absolute Gasteiger partial charge is 0.255 e. The van der Waals surface area contributed by atoms with E-state index in [0.29, 0.717) is 23.7 Å². The van der Waals surface area contributed by atoms with E-state index in [9.17, 15) is 4.79 Å². The van der Waals surface area contributed by atoms with Crippen molar-refractivity contribution in [1.82, 2.24) is 14.6 Å². The van der Waals surface area contributed by atoms with E-state index in [1.54, 1.807) is 11.9 Å². The highest BCUT2D eigenvalue weighted by atomic mass is 16.7. The third kappa shape index (κ3) is 3.05. The fourth-order valence-electron chi connectivity index (χ4n) is 3.38. The SMILES string of the molecule is Cc1cc(-n2c(C)cc(C(=O)N(C)Cc3ccc4c(c3)OCO4)c2C)no1. The van der Waals surface area contributed by atoms with Crippen LogP contribution in [0.25, 0.3) is 5.82 Å². The van der Waals surface area contributed by atoms with E-state index in [2.05, 4.69) is 5.16 Å². The summed E-state index contributed by atoms with van der Waals surface area (Å²) < 4.78 is 17.8. The molecule has 0 unspecified atom stereocenters. The van der Waals surface area contributed by atoms with Gasteiger partial charge in [-0.15, -0.1) is 0 Å². The highest BCUT2D eigenvalue weighted by Crippen LogP contribution is 2.33. The number of aryl methyl sites for hydroxylation is 2. The lowest BCUT2D eigenvalue weighted by atomic mass is 10.1. The molecule has 1 aromatic carbocycles. The summed E-state index contributed by atoms with van der Waals surface area (Å²) in [5.74, 6) is 2.81. The normalized spacial score (nSPS) is 12.4. The number of carbonyl (C=O) groups excluding carboxylic acids is 1. The first-order chi connectivity index (χ1) is 12.9. The molecule has 3 aromatic rings. The van der Waals surface area contributed by atoms with Crippen molar-refractivity contribution in [3.05, 3.63) is 58.6 Å². The summed E-state index contributed by atoms with van der Waals surface area (Å²) in [5.41, 5.74) is 3.40. The minimum atomic E-state index is -0.0489. The van der Waals surface area contributed by atoms with Crippen LogP contribution in [0.5, 0.6) is 11.5 Å². The van der Waals surface area contributed by atoms with Gasteiger partial charge in [-0.3, -0.25) is 9.36 Å². The molecule has 0 aliphatic carbocycles. The van der Waals surface area contributed by atoms with Crippen molar-refractivity contribution < 1.29 is 18.8 Å². The van der Waals surface area contributed by atoms with Gasteiger partial charge in [0.1, 0.15) is 5.76 Å². The molecule has 0 bridgehead atoms. The molecule has 140 valence electrons. The standard InChI is InChI=1S/C20H21N3O4/c1-12-7-16(14(3)23(12)19-8-13(2)27-21-19)20(24)22(4)10-15-5-6-17-18(9-15)26-11-25-17/h5-9H,10-11H2,1-4H3. The van der Waals surface area contributed by atoms with Gasteiger partial charge in [0.25, 0.3) is 5.91 Å². The van der Waals surface area contributed by atoms with Crippen LogP contribution < -0.4 is 9.47 Å². The molecular formula is C20H21N3O4. The van der Waals surface area contributed by atoms with Crippen LogP contribution in [0, 0.1) is 20.8 Å². The number of aromatic nitrogens is 2. The molecule has 0 radical (unpaired) electrons. The monoisotopic (exact) mass is 367 g/mol. The summed E-state index contributed by atoms with van der Waals surface area (Å²) >= 11 is 0. The van der Waals surface area contributed by atoms with E-state index in [0.717, 1.165) is 28.5 Å². The first-order valence-electron chi connectivity index (χ1n) is 8.70. The number of carbonyl (C=O) groups is 1. The van der Waals surface area contributed by atoms with E-state index >= 15 is 0 Å². The molecule has 4 rings (SSSR count). The van der Waals surface area contributed by atoms with Crippen molar-refractivity contribution in [2.45, 2.75) is 27.3 Å². The molecule has 1 aliphatic rings. The minimum absolute atomic E-state index is 0.0489. The van der Waals surface area contributed by atoms with Crippen molar-refractivity contribution in [3.8, 4) is 17.3 Å². The second-order valence-corrected chi connectivity index (χ2v) is 6.76. The zero-order chi connectivity index (χ0) is 19.1. The van der Waals surface area contributed by atoms with Gasteiger partial charge in [0.2, 0.25) is 6.79 Å². The Morgan fingerprint density at radius 2 is 1.93 bits per heavy atom. The van der Waals surface area contributed by atoms with E-state index < -0.39 is 0 Å². The average Bonchev–Trinajstić information content (AvgIpc) is 3.33. The van der Waals surface area contributed by atoms with Crippen molar-refractivity contribution in [1.29, 1.82) is 0 Å². The molecule has 0 atom stereocenters. The molecule has 27 heavy (non-hydrogen) atoms. The Bertz CT molecular complexity index is 1020. The summed E-state index contributed by atoms with van der Waals surface area (Å²) in [6, 6.07) is 9.46. The quantitative estimate of drug-likeness (QED) is 0.707. The van der Waals surface area contributed by atoms with Gasteiger partial charge in [0.05, 0.1) is 5.56 Å². The number of hydrogen-bond acceptors (Lipinski definition) is 5. The Hall–Kier alpha value is -3.22. The predicted molar refractivity (Wildman–Crippen MR) is 98.4 cm³/mol. The summed E-state index contributed by atoms with van der Waals surface area (Å²) in [6.07, 6.45) is 0. The number of nitrogens with zero attached hydrogens (tertiary/aromatic N) is 3. The van der Waals surface area contributed by atoms with Gasteiger partial charge in [-0.05, 0) is 44.5 Å².